The molecule has 1 unspecified atom stereocenters. The van der Waals surface area contributed by atoms with Gasteiger partial charge in [0.1, 0.15) is 5.75 Å². The second kappa shape index (κ2) is 4.50. The molecular formula is C15H15F3O2. The van der Waals surface area contributed by atoms with Gasteiger partial charge in [0.2, 0.25) is 0 Å². The highest BCUT2D eigenvalue weighted by Crippen LogP contribution is 2.57. The molecule has 1 saturated carbocycles. The maximum absolute atomic E-state index is 13.2. The van der Waals surface area contributed by atoms with Gasteiger partial charge in [-0.25, -0.2) is 0 Å². The first-order valence-corrected chi connectivity index (χ1v) is 6.76. The molecule has 1 atom stereocenters. The summed E-state index contributed by atoms with van der Waals surface area (Å²) in [4.78, 5) is 12.3. The third-order valence-electron chi connectivity index (χ3n) is 4.51. The van der Waals surface area contributed by atoms with E-state index in [9.17, 15) is 18.0 Å². The number of hydrogen-bond acceptors (Lipinski definition) is 2. The number of benzene rings is 1. The van der Waals surface area contributed by atoms with Gasteiger partial charge in [-0.1, -0.05) is 18.6 Å². The molecule has 1 aliphatic carbocycles. The number of rotatable bonds is 2. The molecule has 0 N–H and O–H groups in total. The van der Waals surface area contributed by atoms with E-state index < -0.39 is 17.5 Å². The van der Waals surface area contributed by atoms with Gasteiger partial charge in [0.25, 0.3) is 0 Å². The van der Waals surface area contributed by atoms with Gasteiger partial charge in [-0.3, -0.25) is 4.79 Å². The third-order valence-corrected chi connectivity index (χ3v) is 4.51. The summed E-state index contributed by atoms with van der Waals surface area (Å²) in [5.74, 6) is -0.433. The van der Waals surface area contributed by atoms with Crippen LogP contribution in [0.15, 0.2) is 24.3 Å². The fraction of sp³-hybridized carbons (Fsp3) is 0.533. The fourth-order valence-corrected chi connectivity index (χ4v) is 3.11. The highest BCUT2D eigenvalue weighted by Gasteiger charge is 2.59. The molecule has 0 aromatic heterocycles. The number of alkyl halides is 3. The van der Waals surface area contributed by atoms with Crippen molar-refractivity contribution in [2.75, 3.05) is 6.61 Å². The van der Waals surface area contributed by atoms with E-state index in [4.69, 9.17) is 4.74 Å². The Balaban J connectivity index is 1.82. The van der Waals surface area contributed by atoms with Crippen LogP contribution < -0.4 is 4.74 Å². The van der Waals surface area contributed by atoms with Gasteiger partial charge in [0.05, 0.1) is 23.5 Å². The van der Waals surface area contributed by atoms with E-state index in [2.05, 4.69) is 0 Å². The van der Waals surface area contributed by atoms with Gasteiger partial charge < -0.3 is 4.74 Å². The van der Waals surface area contributed by atoms with E-state index in [0.717, 1.165) is 0 Å². The standard InChI is InChI=1S/C15H15F3O2/c16-15(17,18)14(6-3-7-14)8-10-9-20-12-5-2-1-4-11(12)13(10)19/h1-2,4-5,10H,3,6-9H2. The van der Waals surface area contributed by atoms with Gasteiger partial charge in [-0.05, 0) is 31.4 Å². The van der Waals surface area contributed by atoms with Crippen molar-refractivity contribution < 1.29 is 22.7 Å². The molecule has 108 valence electrons. The molecule has 2 aliphatic rings. The van der Waals surface area contributed by atoms with Crippen molar-refractivity contribution in [1.82, 2.24) is 0 Å². The molecule has 0 spiro atoms. The molecule has 0 amide bonds. The lowest BCUT2D eigenvalue weighted by Crippen LogP contribution is -2.47. The van der Waals surface area contributed by atoms with E-state index in [1.165, 1.54) is 0 Å². The summed E-state index contributed by atoms with van der Waals surface area (Å²) >= 11 is 0. The topological polar surface area (TPSA) is 26.3 Å². The minimum atomic E-state index is -4.23. The largest absolute Gasteiger partial charge is 0.492 e. The quantitative estimate of drug-likeness (QED) is 0.820. The predicted molar refractivity (Wildman–Crippen MR) is 66.7 cm³/mol. The second-order valence-electron chi connectivity index (χ2n) is 5.70. The Bertz CT molecular complexity index is 532. The van der Waals surface area contributed by atoms with E-state index in [1.54, 1.807) is 24.3 Å². The molecule has 0 radical (unpaired) electrons. The summed E-state index contributed by atoms with van der Waals surface area (Å²) in [5.41, 5.74) is -1.27. The number of carbonyl (C=O) groups is 1. The Morgan fingerprint density at radius 1 is 1.25 bits per heavy atom. The zero-order valence-electron chi connectivity index (χ0n) is 10.9. The molecule has 1 fully saturated rings. The molecule has 2 nitrogen and oxygen atoms in total. The molecule has 0 saturated heterocycles. The Labute approximate surface area is 114 Å². The SMILES string of the molecule is O=C1c2ccccc2OCC1CC1(C(F)(F)F)CCC1. The summed E-state index contributed by atoms with van der Waals surface area (Å²) in [6.45, 7) is 0.0493. The highest BCUT2D eigenvalue weighted by molar-refractivity contribution is 6.01. The molecule has 1 aromatic carbocycles. The summed E-state index contributed by atoms with van der Waals surface area (Å²) in [5, 5.41) is 0. The fourth-order valence-electron chi connectivity index (χ4n) is 3.11. The second-order valence-corrected chi connectivity index (χ2v) is 5.70. The number of hydrogen-bond donors (Lipinski definition) is 0. The number of carbonyl (C=O) groups excluding carboxylic acids is 1. The van der Waals surface area contributed by atoms with Gasteiger partial charge >= 0.3 is 6.18 Å². The minimum Gasteiger partial charge on any atom is -0.492 e. The monoisotopic (exact) mass is 284 g/mol. The lowest BCUT2D eigenvalue weighted by molar-refractivity contribution is -0.256. The molecule has 5 heteroatoms. The van der Waals surface area contributed by atoms with Crippen molar-refractivity contribution in [3.8, 4) is 5.75 Å². The number of para-hydroxylation sites is 1. The third kappa shape index (κ3) is 2.00. The highest BCUT2D eigenvalue weighted by atomic mass is 19.4. The van der Waals surface area contributed by atoms with Crippen LogP contribution in [0.5, 0.6) is 5.75 Å². The minimum absolute atomic E-state index is 0.0493. The Kier molecular flexibility index (Phi) is 3.03. The first kappa shape index (κ1) is 13.5. The molecule has 1 heterocycles. The van der Waals surface area contributed by atoms with Crippen LogP contribution in [0.3, 0.4) is 0 Å². The van der Waals surface area contributed by atoms with Crippen molar-refractivity contribution in [3.05, 3.63) is 29.8 Å². The van der Waals surface area contributed by atoms with Crippen molar-refractivity contribution in [1.29, 1.82) is 0 Å². The van der Waals surface area contributed by atoms with Crippen molar-refractivity contribution in [2.24, 2.45) is 11.3 Å². The Morgan fingerprint density at radius 2 is 1.95 bits per heavy atom. The number of ketones is 1. The lowest BCUT2D eigenvalue weighted by Gasteiger charge is -2.45. The van der Waals surface area contributed by atoms with Crippen LogP contribution >= 0.6 is 0 Å². The van der Waals surface area contributed by atoms with Crippen molar-refractivity contribution in [2.45, 2.75) is 31.9 Å². The molecule has 0 bridgehead atoms. The number of Topliss-reactive ketones (excluding diaryl/α,β-unsaturated/α-hetero) is 1. The summed E-state index contributed by atoms with van der Waals surface area (Å²) in [6.07, 6.45) is -3.55. The molecule has 20 heavy (non-hydrogen) atoms. The average molecular weight is 284 g/mol. The van der Waals surface area contributed by atoms with Crippen molar-refractivity contribution in [3.63, 3.8) is 0 Å². The molecular weight excluding hydrogens is 269 g/mol. The molecule has 3 rings (SSSR count). The maximum atomic E-state index is 13.2. The van der Waals surface area contributed by atoms with Gasteiger partial charge in [0, 0.05) is 0 Å². The summed E-state index contributed by atoms with van der Waals surface area (Å²) in [7, 11) is 0. The first-order chi connectivity index (χ1) is 9.43. The summed E-state index contributed by atoms with van der Waals surface area (Å²) in [6, 6.07) is 6.73. The van der Waals surface area contributed by atoms with E-state index in [-0.39, 0.29) is 31.7 Å². The predicted octanol–water partition coefficient (Wildman–Crippen LogP) is 4.00. The molecule has 1 aliphatic heterocycles. The Morgan fingerprint density at radius 3 is 2.55 bits per heavy atom. The zero-order chi connectivity index (χ0) is 14.4. The average Bonchev–Trinajstić information content (AvgIpc) is 2.35. The van der Waals surface area contributed by atoms with Crippen LogP contribution in [-0.2, 0) is 0 Å². The van der Waals surface area contributed by atoms with E-state index >= 15 is 0 Å². The maximum Gasteiger partial charge on any atom is 0.394 e. The number of ether oxygens (including phenoxy) is 1. The van der Waals surface area contributed by atoms with Crippen LogP contribution in [0.4, 0.5) is 13.2 Å². The molecule has 1 aromatic rings. The van der Waals surface area contributed by atoms with E-state index in [0.29, 0.717) is 17.7 Å². The van der Waals surface area contributed by atoms with Crippen LogP contribution in [0, 0.1) is 11.3 Å². The van der Waals surface area contributed by atoms with Gasteiger partial charge in [-0.2, -0.15) is 13.2 Å². The van der Waals surface area contributed by atoms with Crippen LogP contribution in [-0.4, -0.2) is 18.6 Å². The smallest absolute Gasteiger partial charge is 0.394 e. The zero-order valence-corrected chi connectivity index (χ0v) is 10.9. The van der Waals surface area contributed by atoms with Crippen molar-refractivity contribution >= 4 is 5.78 Å². The Hall–Kier alpha value is -1.52. The normalized spacial score (nSPS) is 24.6. The van der Waals surface area contributed by atoms with Crippen LogP contribution in [0.1, 0.15) is 36.0 Å². The van der Waals surface area contributed by atoms with E-state index in [1.807, 2.05) is 0 Å². The van der Waals surface area contributed by atoms with Crippen LogP contribution in [0.25, 0.3) is 0 Å². The van der Waals surface area contributed by atoms with Crippen LogP contribution in [0.2, 0.25) is 0 Å². The van der Waals surface area contributed by atoms with Gasteiger partial charge in [-0.15, -0.1) is 0 Å². The summed E-state index contributed by atoms with van der Waals surface area (Å²) < 4.78 is 45.0. The van der Waals surface area contributed by atoms with Gasteiger partial charge in [0.15, 0.2) is 5.78 Å². The lowest BCUT2D eigenvalue weighted by atomic mass is 9.63. The number of fused-ring (bicyclic) bond motifs is 1. The number of halogens is 3. The first-order valence-electron chi connectivity index (χ1n) is 6.76.